The van der Waals surface area contributed by atoms with Crippen molar-refractivity contribution < 1.29 is 8.91 Å². The molecule has 0 radical (unpaired) electrons. The first-order valence-electron chi connectivity index (χ1n) is 9.73. The quantitative estimate of drug-likeness (QED) is 0.443. The number of aromatic nitrogens is 5. The minimum Gasteiger partial charge on any atom is -0.337 e. The number of rotatable bonds is 4. The molecular weight excluding hydrogens is 397 g/mol. The lowest BCUT2D eigenvalue weighted by Crippen LogP contribution is -2.21. The largest absolute Gasteiger partial charge is 0.337 e. The van der Waals surface area contributed by atoms with Crippen molar-refractivity contribution in [2.24, 2.45) is 0 Å². The third kappa shape index (κ3) is 3.52. The molecule has 0 N–H and O–H groups in total. The summed E-state index contributed by atoms with van der Waals surface area (Å²) in [5.74, 6) is 0.276. The van der Waals surface area contributed by atoms with Crippen LogP contribution in [0.3, 0.4) is 0 Å². The lowest BCUT2D eigenvalue weighted by molar-refractivity contribution is 0.370. The van der Waals surface area contributed by atoms with E-state index in [-0.39, 0.29) is 23.8 Å². The molecule has 0 spiro atoms. The molecular formula is C23H18FN5O2. The van der Waals surface area contributed by atoms with Crippen molar-refractivity contribution in [2.75, 3.05) is 0 Å². The molecule has 0 bridgehead atoms. The molecule has 154 valence electrons. The van der Waals surface area contributed by atoms with Crippen molar-refractivity contribution >= 4 is 5.52 Å². The van der Waals surface area contributed by atoms with Crippen LogP contribution in [-0.2, 0) is 6.54 Å². The molecule has 7 nitrogen and oxygen atoms in total. The fourth-order valence-corrected chi connectivity index (χ4v) is 3.37. The van der Waals surface area contributed by atoms with Gasteiger partial charge in [-0.3, -0.25) is 4.79 Å². The summed E-state index contributed by atoms with van der Waals surface area (Å²) < 4.78 is 21.4. The normalized spacial score (nSPS) is 11.3. The van der Waals surface area contributed by atoms with Crippen LogP contribution in [0.15, 0.2) is 70.2 Å². The first-order valence-corrected chi connectivity index (χ1v) is 9.73. The zero-order valence-corrected chi connectivity index (χ0v) is 16.9. The van der Waals surface area contributed by atoms with Crippen LogP contribution in [-0.4, -0.2) is 24.3 Å². The second-order valence-corrected chi connectivity index (χ2v) is 7.41. The Morgan fingerprint density at radius 3 is 2.52 bits per heavy atom. The zero-order valence-electron chi connectivity index (χ0n) is 16.9. The van der Waals surface area contributed by atoms with E-state index in [9.17, 15) is 9.18 Å². The second kappa shape index (κ2) is 7.32. The Labute approximate surface area is 176 Å². The SMILES string of the molecule is Cc1ccc(-c2cc3c(=O)n(Cc4nc(-c5ccc(F)cc5)no4)ccn3n2)cc1C. The second-order valence-electron chi connectivity index (χ2n) is 7.41. The summed E-state index contributed by atoms with van der Waals surface area (Å²) in [5, 5.41) is 8.46. The standard InChI is InChI=1S/C23H18FN5O2/c1-14-3-4-17(11-15(14)2)19-12-20-23(30)28(9-10-29(20)26-19)13-21-25-22(27-31-21)16-5-7-18(24)8-6-16/h3-12H,13H2,1-2H3. The maximum absolute atomic E-state index is 13.1. The van der Waals surface area contributed by atoms with Gasteiger partial charge >= 0.3 is 0 Å². The van der Waals surface area contributed by atoms with Crippen molar-refractivity contribution in [1.82, 2.24) is 24.3 Å². The van der Waals surface area contributed by atoms with E-state index in [4.69, 9.17) is 4.52 Å². The number of hydrogen-bond donors (Lipinski definition) is 0. The maximum atomic E-state index is 13.1. The van der Waals surface area contributed by atoms with E-state index in [0.717, 1.165) is 11.3 Å². The number of nitrogens with zero attached hydrogens (tertiary/aromatic N) is 5. The van der Waals surface area contributed by atoms with Crippen molar-refractivity contribution in [2.45, 2.75) is 20.4 Å². The molecule has 0 aliphatic carbocycles. The third-order valence-electron chi connectivity index (χ3n) is 5.28. The maximum Gasteiger partial charge on any atom is 0.277 e. The Bertz CT molecular complexity index is 1460. The number of hydrogen-bond acceptors (Lipinski definition) is 5. The molecule has 2 aromatic carbocycles. The van der Waals surface area contributed by atoms with Crippen LogP contribution in [0, 0.1) is 19.7 Å². The van der Waals surface area contributed by atoms with Gasteiger partial charge in [-0.25, -0.2) is 8.91 Å². The Hall–Kier alpha value is -4.07. The number of halogens is 1. The van der Waals surface area contributed by atoms with Crippen LogP contribution in [0.4, 0.5) is 4.39 Å². The Morgan fingerprint density at radius 1 is 0.968 bits per heavy atom. The third-order valence-corrected chi connectivity index (χ3v) is 5.28. The summed E-state index contributed by atoms with van der Waals surface area (Å²) in [6, 6.07) is 13.7. The monoisotopic (exact) mass is 415 g/mol. The van der Waals surface area contributed by atoms with Gasteiger partial charge in [-0.05, 0) is 61.4 Å². The first-order chi connectivity index (χ1) is 15.0. The summed E-state index contributed by atoms with van der Waals surface area (Å²) >= 11 is 0. The van der Waals surface area contributed by atoms with E-state index in [0.29, 0.717) is 16.9 Å². The first kappa shape index (κ1) is 18.9. The predicted molar refractivity (Wildman–Crippen MR) is 113 cm³/mol. The molecule has 0 saturated heterocycles. The van der Waals surface area contributed by atoms with E-state index in [1.54, 1.807) is 35.1 Å². The Kier molecular flexibility index (Phi) is 4.47. The highest BCUT2D eigenvalue weighted by Gasteiger charge is 2.13. The van der Waals surface area contributed by atoms with Gasteiger partial charge in [0.05, 0.1) is 5.69 Å². The lowest BCUT2D eigenvalue weighted by atomic mass is 10.0. The van der Waals surface area contributed by atoms with Gasteiger partial charge in [0.15, 0.2) is 0 Å². The molecule has 0 fully saturated rings. The van der Waals surface area contributed by atoms with Crippen molar-refractivity contribution in [3.05, 3.63) is 94.1 Å². The molecule has 0 aliphatic rings. The van der Waals surface area contributed by atoms with Crippen LogP contribution in [0.2, 0.25) is 0 Å². The molecule has 0 unspecified atom stereocenters. The molecule has 5 rings (SSSR count). The van der Waals surface area contributed by atoms with E-state index in [1.807, 2.05) is 19.1 Å². The van der Waals surface area contributed by atoms with Gasteiger partial charge in [-0.1, -0.05) is 17.3 Å². The molecule has 3 heterocycles. The van der Waals surface area contributed by atoms with Crippen molar-refractivity contribution in [3.63, 3.8) is 0 Å². The Morgan fingerprint density at radius 2 is 1.74 bits per heavy atom. The highest BCUT2D eigenvalue weighted by Crippen LogP contribution is 2.21. The summed E-state index contributed by atoms with van der Waals surface area (Å²) in [4.78, 5) is 17.3. The predicted octanol–water partition coefficient (Wildman–Crippen LogP) is 4.02. The fourth-order valence-electron chi connectivity index (χ4n) is 3.37. The van der Waals surface area contributed by atoms with Crippen LogP contribution >= 0.6 is 0 Å². The minimum atomic E-state index is -0.340. The van der Waals surface area contributed by atoms with Crippen LogP contribution in [0.1, 0.15) is 17.0 Å². The van der Waals surface area contributed by atoms with Gasteiger partial charge in [-0.2, -0.15) is 10.1 Å². The summed E-state index contributed by atoms with van der Waals surface area (Å²) in [5.41, 5.74) is 4.93. The van der Waals surface area contributed by atoms with Crippen LogP contribution < -0.4 is 5.56 Å². The van der Waals surface area contributed by atoms with E-state index in [1.165, 1.54) is 27.8 Å². The van der Waals surface area contributed by atoms with Gasteiger partial charge in [0.25, 0.3) is 5.56 Å². The molecule has 0 aliphatic heterocycles. The molecule has 0 atom stereocenters. The number of benzene rings is 2. The van der Waals surface area contributed by atoms with Gasteiger partial charge in [0, 0.05) is 23.5 Å². The topological polar surface area (TPSA) is 78.2 Å². The van der Waals surface area contributed by atoms with Crippen molar-refractivity contribution in [3.8, 4) is 22.6 Å². The van der Waals surface area contributed by atoms with Crippen LogP contribution in [0.25, 0.3) is 28.2 Å². The molecule has 8 heteroatoms. The van der Waals surface area contributed by atoms with Gasteiger partial charge in [0.1, 0.15) is 17.9 Å². The van der Waals surface area contributed by atoms with Crippen LogP contribution in [0.5, 0.6) is 0 Å². The molecule has 3 aromatic heterocycles. The number of aryl methyl sites for hydroxylation is 2. The highest BCUT2D eigenvalue weighted by molar-refractivity contribution is 5.66. The summed E-state index contributed by atoms with van der Waals surface area (Å²) in [6.45, 7) is 4.22. The fraction of sp³-hybridized carbons (Fsp3) is 0.130. The van der Waals surface area contributed by atoms with E-state index < -0.39 is 0 Å². The van der Waals surface area contributed by atoms with Gasteiger partial charge < -0.3 is 9.09 Å². The summed E-state index contributed by atoms with van der Waals surface area (Å²) in [7, 11) is 0. The highest BCUT2D eigenvalue weighted by atomic mass is 19.1. The average Bonchev–Trinajstić information content (AvgIpc) is 3.40. The van der Waals surface area contributed by atoms with Gasteiger partial charge in [-0.15, -0.1) is 0 Å². The lowest BCUT2D eigenvalue weighted by Gasteiger charge is -2.02. The van der Waals surface area contributed by atoms with Crippen molar-refractivity contribution in [1.29, 1.82) is 0 Å². The molecule has 31 heavy (non-hydrogen) atoms. The van der Waals surface area contributed by atoms with E-state index in [2.05, 4.69) is 28.2 Å². The molecule has 0 saturated carbocycles. The number of fused-ring (bicyclic) bond motifs is 1. The Balaban J connectivity index is 1.46. The minimum absolute atomic E-state index is 0.119. The zero-order chi connectivity index (χ0) is 21.5. The smallest absolute Gasteiger partial charge is 0.277 e. The van der Waals surface area contributed by atoms with Gasteiger partial charge in [0.2, 0.25) is 11.7 Å². The van der Waals surface area contributed by atoms with E-state index >= 15 is 0 Å². The molecule has 5 aromatic rings. The summed E-state index contributed by atoms with van der Waals surface area (Å²) in [6.07, 6.45) is 3.35. The average molecular weight is 415 g/mol. The molecule has 0 amide bonds.